The number of hydrogen-bond donors (Lipinski definition) is 1. The third-order valence-corrected chi connectivity index (χ3v) is 4.02. The normalized spacial score (nSPS) is 17.3. The van der Waals surface area contributed by atoms with Crippen LogP contribution in [0.15, 0.2) is 18.2 Å². The van der Waals surface area contributed by atoms with Gasteiger partial charge >= 0.3 is 0 Å². The average molecular weight is 272 g/mol. The maximum atomic E-state index is 9.64. The minimum Gasteiger partial charge on any atom is -0.490 e. The zero-order valence-electron chi connectivity index (χ0n) is 12.7. The summed E-state index contributed by atoms with van der Waals surface area (Å²) in [5, 5.41) is 13.1. The van der Waals surface area contributed by atoms with Gasteiger partial charge in [-0.25, -0.2) is 0 Å². The van der Waals surface area contributed by atoms with E-state index in [1.54, 1.807) is 0 Å². The molecule has 0 aromatic heterocycles. The molecule has 3 heteroatoms. The highest BCUT2D eigenvalue weighted by atomic mass is 16.5. The zero-order valence-corrected chi connectivity index (χ0v) is 12.7. The molecule has 1 aliphatic rings. The van der Waals surface area contributed by atoms with Crippen LogP contribution in [0.1, 0.15) is 37.3 Å². The van der Waals surface area contributed by atoms with E-state index in [1.807, 2.05) is 32.0 Å². The highest BCUT2D eigenvalue weighted by Gasteiger charge is 2.46. The van der Waals surface area contributed by atoms with Gasteiger partial charge in [-0.2, -0.15) is 5.26 Å². The molecule has 2 rings (SSSR count). The van der Waals surface area contributed by atoms with Crippen molar-refractivity contribution in [2.45, 2.75) is 45.6 Å². The molecule has 0 spiro atoms. The molecule has 20 heavy (non-hydrogen) atoms. The molecule has 1 saturated carbocycles. The van der Waals surface area contributed by atoms with Crippen molar-refractivity contribution in [3.05, 3.63) is 29.3 Å². The second kappa shape index (κ2) is 6.28. The van der Waals surface area contributed by atoms with Gasteiger partial charge in [-0.05, 0) is 56.7 Å². The van der Waals surface area contributed by atoms with Crippen LogP contribution in [0.4, 0.5) is 0 Å². The first kappa shape index (κ1) is 14.9. The minimum absolute atomic E-state index is 0.430. The Balaban J connectivity index is 2.11. The van der Waals surface area contributed by atoms with Gasteiger partial charge in [0, 0.05) is 0 Å². The molecule has 0 amide bonds. The fourth-order valence-corrected chi connectivity index (χ4v) is 2.61. The Morgan fingerprint density at radius 2 is 2.00 bits per heavy atom. The van der Waals surface area contributed by atoms with Gasteiger partial charge in [-0.15, -0.1) is 0 Å². The van der Waals surface area contributed by atoms with Crippen molar-refractivity contribution in [2.75, 3.05) is 13.2 Å². The highest BCUT2D eigenvalue weighted by Crippen LogP contribution is 2.40. The van der Waals surface area contributed by atoms with Crippen LogP contribution in [0.3, 0.4) is 0 Å². The summed E-state index contributed by atoms with van der Waals surface area (Å²) in [5.74, 6) is 1.36. The summed E-state index contributed by atoms with van der Waals surface area (Å²) in [6.07, 6.45) is 3.28. The number of para-hydroxylation sites is 1. The Kier molecular flexibility index (Phi) is 4.67. The molecule has 1 aromatic carbocycles. The molecule has 0 heterocycles. The van der Waals surface area contributed by atoms with E-state index < -0.39 is 5.54 Å². The molecule has 1 aliphatic carbocycles. The topological polar surface area (TPSA) is 45.0 Å². The number of aryl methyl sites for hydroxylation is 2. The van der Waals surface area contributed by atoms with Crippen LogP contribution < -0.4 is 10.1 Å². The predicted octanol–water partition coefficient (Wildman–Crippen LogP) is 3.35. The largest absolute Gasteiger partial charge is 0.490 e. The summed E-state index contributed by atoms with van der Waals surface area (Å²) in [5.41, 5.74) is 1.73. The molecular weight excluding hydrogens is 248 g/mol. The minimum atomic E-state index is -0.523. The van der Waals surface area contributed by atoms with Crippen molar-refractivity contribution in [2.24, 2.45) is 5.92 Å². The van der Waals surface area contributed by atoms with E-state index in [-0.39, 0.29) is 0 Å². The van der Waals surface area contributed by atoms with E-state index in [0.717, 1.165) is 42.7 Å². The van der Waals surface area contributed by atoms with Crippen LogP contribution in [-0.4, -0.2) is 18.7 Å². The van der Waals surface area contributed by atoms with E-state index in [4.69, 9.17) is 4.74 Å². The number of nitrogens with zero attached hydrogens (tertiary/aromatic N) is 1. The highest BCUT2D eigenvalue weighted by molar-refractivity contribution is 5.40. The summed E-state index contributed by atoms with van der Waals surface area (Å²) in [6, 6.07) is 8.62. The van der Waals surface area contributed by atoms with E-state index in [0.29, 0.717) is 12.5 Å². The molecule has 108 valence electrons. The molecule has 0 bridgehead atoms. The van der Waals surface area contributed by atoms with Gasteiger partial charge in [0.1, 0.15) is 17.9 Å². The van der Waals surface area contributed by atoms with Crippen molar-refractivity contribution in [3.8, 4) is 11.8 Å². The summed E-state index contributed by atoms with van der Waals surface area (Å²) < 4.78 is 6.04. The Morgan fingerprint density at radius 1 is 1.35 bits per heavy atom. The van der Waals surface area contributed by atoms with Crippen molar-refractivity contribution in [3.63, 3.8) is 0 Å². The van der Waals surface area contributed by atoms with Crippen LogP contribution in [0.25, 0.3) is 0 Å². The first-order valence-electron chi connectivity index (χ1n) is 7.48. The van der Waals surface area contributed by atoms with E-state index >= 15 is 0 Å². The lowest BCUT2D eigenvalue weighted by Crippen LogP contribution is -2.51. The average Bonchev–Trinajstić information content (AvgIpc) is 3.27. The molecule has 1 N–H and O–H groups in total. The summed E-state index contributed by atoms with van der Waals surface area (Å²) in [7, 11) is 0. The Hall–Kier alpha value is -1.53. The molecule has 0 saturated heterocycles. The van der Waals surface area contributed by atoms with E-state index in [1.165, 1.54) is 0 Å². The van der Waals surface area contributed by atoms with Gasteiger partial charge in [-0.3, -0.25) is 5.32 Å². The van der Waals surface area contributed by atoms with Crippen LogP contribution >= 0.6 is 0 Å². The van der Waals surface area contributed by atoms with Crippen LogP contribution in [0, 0.1) is 31.1 Å². The number of ether oxygens (including phenoxy) is 1. The van der Waals surface area contributed by atoms with Crippen molar-refractivity contribution in [1.82, 2.24) is 5.32 Å². The Bertz CT molecular complexity index is 482. The second-order valence-electron chi connectivity index (χ2n) is 5.79. The maximum absolute atomic E-state index is 9.64. The van der Waals surface area contributed by atoms with Gasteiger partial charge in [0.15, 0.2) is 0 Å². The SMILES string of the molecule is CCCNC(C#N)(COc1c(C)cccc1C)C1CC1. The lowest BCUT2D eigenvalue weighted by Gasteiger charge is -2.28. The third-order valence-electron chi connectivity index (χ3n) is 4.02. The van der Waals surface area contributed by atoms with Gasteiger partial charge in [-0.1, -0.05) is 25.1 Å². The summed E-state index contributed by atoms with van der Waals surface area (Å²) >= 11 is 0. The molecule has 1 fully saturated rings. The number of nitrogens with one attached hydrogen (secondary N) is 1. The van der Waals surface area contributed by atoms with E-state index in [9.17, 15) is 5.26 Å². The maximum Gasteiger partial charge on any atom is 0.143 e. The van der Waals surface area contributed by atoms with Gasteiger partial charge in [0.25, 0.3) is 0 Å². The van der Waals surface area contributed by atoms with Crippen molar-refractivity contribution in [1.29, 1.82) is 5.26 Å². The monoisotopic (exact) mass is 272 g/mol. The summed E-state index contributed by atoms with van der Waals surface area (Å²) in [4.78, 5) is 0. The van der Waals surface area contributed by atoms with Crippen LogP contribution in [0.5, 0.6) is 5.75 Å². The van der Waals surface area contributed by atoms with Gasteiger partial charge < -0.3 is 4.74 Å². The lowest BCUT2D eigenvalue weighted by atomic mass is 9.95. The molecule has 1 aromatic rings. The number of hydrogen-bond acceptors (Lipinski definition) is 3. The number of rotatable bonds is 7. The number of benzene rings is 1. The molecular formula is C17H24N2O. The lowest BCUT2D eigenvalue weighted by molar-refractivity contribution is 0.200. The Morgan fingerprint density at radius 3 is 2.50 bits per heavy atom. The first-order valence-corrected chi connectivity index (χ1v) is 7.48. The standard InChI is InChI=1S/C17H24N2O/c1-4-10-19-17(11-18,15-8-9-15)12-20-16-13(2)6-5-7-14(16)3/h5-7,15,19H,4,8-10,12H2,1-3H3. The first-order chi connectivity index (χ1) is 9.63. The molecule has 0 radical (unpaired) electrons. The molecule has 1 unspecified atom stereocenters. The molecule has 0 aliphatic heterocycles. The smallest absolute Gasteiger partial charge is 0.143 e. The van der Waals surface area contributed by atoms with Gasteiger partial charge in [0.2, 0.25) is 0 Å². The quantitative estimate of drug-likeness (QED) is 0.828. The summed E-state index contributed by atoms with van der Waals surface area (Å²) in [6.45, 7) is 7.51. The van der Waals surface area contributed by atoms with Crippen LogP contribution in [0.2, 0.25) is 0 Å². The predicted molar refractivity (Wildman–Crippen MR) is 80.8 cm³/mol. The van der Waals surface area contributed by atoms with Crippen molar-refractivity contribution >= 4 is 0 Å². The Labute approximate surface area is 121 Å². The van der Waals surface area contributed by atoms with Crippen molar-refractivity contribution < 1.29 is 4.74 Å². The fourth-order valence-electron chi connectivity index (χ4n) is 2.61. The zero-order chi connectivity index (χ0) is 14.6. The fraction of sp³-hybridized carbons (Fsp3) is 0.588. The molecule has 3 nitrogen and oxygen atoms in total. The van der Waals surface area contributed by atoms with Crippen LogP contribution in [-0.2, 0) is 0 Å². The molecule has 1 atom stereocenters. The third kappa shape index (κ3) is 3.13. The number of nitriles is 1. The van der Waals surface area contributed by atoms with Gasteiger partial charge in [0.05, 0.1) is 6.07 Å². The van der Waals surface area contributed by atoms with E-state index in [2.05, 4.69) is 18.3 Å². The second-order valence-corrected chi connectivity index (χ2v) is 5.79.